The van der Waals surface area contributed by atoms with Gasteiger partial charge in [0.15, 0.2) is 0 Å². The van der Waals surface area contributed by atoms with Gasteiger partial charge in [0.1, 0.15) is 5.82 Å². The first-order valence-electron chi connectivity index (χ1n) is 6.57. The van der Waals surface area contributed by atoms with E-state index in [2.05, 4.69) is 4.72 Å². The van der Waals surface area contributed by atoms with Crippen molar-refractivity contribution in [2.45, 2.75) is 19.8 Å². The van der Waals surface area contributed by atoms with E-state index in [4.69, 9.17) is 5.11 Å². The van der Waals surface area contributed by atoms with Gasteiger partial charge in [-0.25, -0.2) is 4.39 Å². The molecule has 1 saturated heterocycles. The van der Waals surface area contributed by atoms with E-state index in [1.807, 2.05) is 0 Å². The summed E-state index contributed by atoms with van der Waals surface area (Å²) in [6.07, 6.45) is 1.31. The summed E-state index contributed by atoms with van der Waals surface area (Å²) >= 11 is 0. The fourth-order valence-corrected chi connectivity index (χ4v) is 3.50. The Labute approximate surface area is 118 Å². The van der Waals surface area contributed by atoms with Gasteiger partial charge in [-0.1, -0.05) is 0 Å². The van der Waals surface area contributed by atoms with Gasteiger partial charge in [0.25, 0.3) is 0 Å². The van der Waals surface area contributed by atoms with Crippen molar-refractivity contribution in [2.24, 2.45) is 5.92 Å². The van der Waals surface area contributed by atoms with E-state index in [0.29, 0.717) is 37.2 Å². The smallest absolute Gasteiger partial charge is 0.301 e. The van der Waals surface area contributed by atoms with Crippen molar-refractivity contribution in [2.75, 3.05) is 24.4 Å². The molecule has 0 atom stereocenters. The highest BCUT2D eigenvalue weighted by Crippen LogP contribution is 2.21. The first-order valence-corrected chi connectivity index (χ1v) is 8.01. The Bertz CT molecular complexity index is 569. The molecule has 1 aromatic carbocycles. The predicted octanol–water partition coefficient (Wildman–Crippen LogP) is 1.50. The number of aliphatic hydroxyl groups excluding tert-OH is 1. The summed E-state index contributed by atoms with van der Waals surface area (Å²) in [7, 11) is -3.62. The van der Waals surface area contributed by atoms with Gasteiger partial charge in [0.2, 0.25) is 0 Å². The molecule has 0 aliphatic carbocycles. The average molecular weight is 302 g/mol. The lowest BCUT2D eigenvalue weighted by atomic mass is 10.00. The maximum atomic E-state index is 13.2. The third kappa shape index (κ3) is 3.47. The molecule has 5 nitrogen and oxygen atoms in total. The van der Waals surface area contributed by atoms with Crippen molar-refractivity contribution in [3.63, 3.8) is 0 Å². The van der Waals surface area contributed by atoms with E-state index in [1.165, 1.54) is 22.5 Å². The molecule has 20 heavy (non-hydrogen) atoms. The van der Waals surface area contributed by atoms with Crippen LogP contribution >= 0.6 is 0 Å². The van der Waals surface area contributed by atoms with E-state index in [9.17, 15) is 12.8 Å². The van der Waals surface area contributed by atoms with Crippen LogP contribution in [-0.2, 0) is 10.2 Å². The van der Waals surface area contributed by atoms with Crippen LogP contribution in [-0.4, -0.2) is 37.5 Å². The molecule has 0 unspecified atom stereocenters. The molecule has 0 amide bonds. The SMILES string of the molecule is Cc1cc(NS(=O)(=O)N2CCC(CO)CC2)ccc1F. The minimum Gasteiger partial charge on any atom is -0.396 e. The molecule has 0 bridgehead atoms. The third-order valence-electron chi connectivity index (χ3n) is 3.58. The topological polar surface area (TPSA) is 69.6 Å². The Morgan fingerprint density at radius 3 is 2.60 bits per heavy atom. The third-order valence-corrected chi connectivity index (χ3v) is 5.12. The highest BCUT2D eigenvalue weighted by molar-refractivity contribution is 7.90. The number of nitrogens with one attached hydrogen (secondary N) is 1. The Hall–Kier alpha value is -1.18. The number of halogens is 1. The van der Waals surface area contributed by atoms with Crippen molar-refractivity contribution in [1.29, 1.82) is 0 Å². The maximum Gasteiger partial charge on any atom is 0.301 e. The van der Waals surface area contributed by atoms with Gasteiger partial charge in [0.05, 0.1) is 5.69 Å². The molecule has 1 heterocycles. The van der Waals surface area contributed by atoms with Crippen molar-refractivity contribution in [3.8, 4) is 0 Å². The first kappa shape index (κ1) is 15.2. The summed E-state index contributed by atoms with van der Waals surface area (Å²) in [4.78, 5) is 0. The Kier molecular flexibility index (Phi) is 4.62. The number of rotatable bonds is 4. The second kappa shape index (κ2) is 6.07. The molecule has 112 valence electrons. The van der Waals surface area contributed by atoms with E-state index < -0.39 is 10.2 Å². The van der Waals surface area contributed by atoms with E-state index >= 15 is 0 Å². The number of aryl methyl sites for hydroxylation is 1. The zero-order valence-corrected chi connectivity index (χ0v) is 12.2. The van der Waals surface area contributed by atoms with Gasteiger partial charge in [-0.3, -0.25) is 4.72 Å². The number of benzene rings is 1. The Balaban J connectivity index is 2.05. The van der Waals surface area contributed by atoms with Crippen molar-refractivity contribution in [1.82, 2.24) is 4.31 Å². The van der Waals surface area contributed by atoms with E-state index in [-0.39, 0.29) is 18.3 Å². The normalized spacial score (nSPS) is 18.1. The lowest BCUT2D eigenvalue weighted by molar-refractivity contribution is 0.170. The molecule has 0 spiro atoms. The molecule has 2 N–H and O–H groups in total. The second-order valence-electron chi connectivity index (χ2n) is 5.10. The van der Waals surface area contributed by atoms with Crippen LogP contribution in [0.1, 0.15) is 18.4 Å². The number of hydrogen-bond donors (Lipinski definition) is 2. The minimum absolute atomic E-state index is 0.0957. The van der Waals surface area contributed by atoms with Gasteiger partial charge in [-0.05, 0) is 49.4 Å². The van der Waals surface area contributed by atoms with Crippen LogP contribution in [0, 0.1) is 18.7 Å². The molecule has 1 aliphatic rings. The molecule has 7 heteroatoms. The largest absolute Gasteiger partial charge is 0.396 e. The van der Waals surface area contributed by atoms with Crippen molar-refractivity contribution in [3.05, 3.63) is 29.6 Å². The number of hydrogen-bond acceptors (Lipinski definition) is 3. The predicted molar refractivity (Wildman–Crippen MR) is 75.1 cm³/mol. The van der Waals surface area contributed by atoms with Crippen LogP contribution < -0.4 is 4.72 Å². The molecular formula is C13H19FN2O3S. The molecular weight excluding hydrogens is 283 g/mol. The van der Waals surface area contributed by atoms with Gasteiger partial charge in [0, 0.05) is 19.7 Å². The van der Waals surface area contributed by atoms with Crippen LogP contribution in [0.15, 0.2) is 18.2 Å². The van der Waals surface area contributed by atoms with Gasteiger partial charge >= 0.3 is 10.2 Å². The summed E-state index contributed by atoms with van der Waals surface area (Å²) in [6, 6.07) is 4.11. The monoisotopic (exact) mass is 302 g/mol. The van der Waals surface area contributed by atoms with Crippen LogP contribution in [0.4, 0.5) is 10.1 Å². The number of anilines is 1. The van der Waals surface area contributed by atoms with Gasteiger partial charge < -0.3 is 5.11 Å². The zero-order chi connectivity index (χ0) is 14.8. The Morgan fingerprint density at radius 1 is 1.40 bits per heavy atom. The van der Waals surface area contributed by atoms with E-state index in [1.54, 1.807) is 6.92 Å². The van der Waals surface area contributed by atoms with Crippen LogP contribution in [0.5, 0.6) is 0 Å². The molecule has 0 aromatic heterocycles. The van der Waals surface area contributed by atoms with Gasteiger partial charge in [-0.15, -0.1) is 0 Å². The fraction of sp³-hybridized carbons (Fsp3) is 0.538. The highest BCUT2D eigenvalue weighted by atomic mass is 32.2. The summed E-state index contributed by atoms with van der Waals surface area (Å²) in [5.74, 6) is -0.189. The Morgan fingerprint density at radius 2 is 2.05 bits per heavy atom. The van der Waals surface area contributed by atoms with Crippen LogP contribution in [0.2, 0.25) is 0 Å². The molecule has 0 radical (unpaired) electrons. The van der Waals surface area contributed by atoms with Crippen LogP contribution in [0.25, 0.3) is 0 Å². The van der Waals surface area contributed by atoms with Crippen molar-refractivity contribution >= 4 is 15.9 Å². The summed E-state index contributed by atoms with van der Waals surface area (Å²) in [6.45, 7) is 2.46. The molecule has 0 saturated carbocycles. The molecule has 1 aliphatic heterocycles. The van der Waals surface area contributed by atoms with Crippen molar-refractivity contribution < 1.29 is 17.9 Å². The fourth-order valence-electron chi connectivity index (χ4n) is 2.25. The maximum absolute atomic E-state index is 13.2. The minimum atomic E-state index is -3.62. The quantitative estimate of drug-likeness (QED) is 0.885. The average Bonchev–Trinajstić information content (AvgIpc) is 2.43. The molecule has 1 aromatic rings. The lowest BCUT2D eigenvalue weighted by Gasteiger charge is -2.30. The summed E-state index contributed by atoms with van der Waals surface area (Å²) < 4.78 is 41.4. The molecule has 2 rings (SSSR count). The standard InChI is InChI=1S/C13H19FN2O3S/c1-10-8-12(2-3-13(10)14)15-20(18,19)16-6-4-11(9-17)5-7-16/h2-3,8,11,15,17H,4-7,9H2,1H3. The highest BCUT2D eigenvalue weighted by Gasteiger charge is 2.27. The van der Waals surface area contributed by atoms with E-state index in [0.717, 1.165) is 0 Å². The van der Waals surface area contributed by atoms with Crippen LogP contribution in [0.3, 0.4) is 0 Å². The van der Waals surface area contributed by atoms with Gasteiger partial charge in [-0.2, -0.15) is 12.7 Å². The summed E-state index contributed by atoms with van der Waals surface area (Å²) in [5.41, 5.74) is 0.748. The summed E-state index contributed by atoms with van der Waals surface area (Å²) in [5, 5.41) is 9.05. The number of piperidine rings is 1. The first-order chi connectivity index (χ1) is 9.42. The second-order valence-corrected chi connectivity index (χ2v) is 6.77. The lowest BCUT2D eigenvalue weighted by Crippen LogP contribution is -2.42. The number of aliphatic hydroxyl groups is 1. The zero-order valence-electron chi connectivity index (χ0n) is 11.3. The molecule has 1 fully saturated rings. The number of nitrogens with zero attached hydrogens (tertiary/aromatic N) is 1.